The number of carbonyl (C=O) groups excluding carboxylic acids is 2. The number of nitrogens with zero attached hydrogens (tertiary/aromatic N) is 1. The van der Waals surface area contributed by atoms with E-state index < -0.39 is 5.92 Å². The third kappa shape index (κ3) is 3.61. The molecule has 2 N–H and O–H groups in total. The largest absolute Gasteiger partial charge is 0.496 e. The highest BCUT2D eigenvalue weighted by Crippen LogP contribution is 2.45. The lowest BCUT2D eigenvalue weighted by Crippen LogP contribution is -2.35. The molecule has 1 aromatic carbocycles. The molecule has 2 aromatic rings. The van der Waals surface area contributed by atoms with Crippen LogP contribution in [0.3, 0.4) is 0 Å². The first-order valence-electron chi connectivity index (χ1n) is 10.1. The number of hydrogen-bond acceptors (Lipinski definition) is 5. The smallest absolute Gasteiger partial charge is 0.255 e. The van der Waals surface area contributed by atoms with Crippen LogP contribution in [0, 0.1) is 6.92 Å². The molecule has 0 bridgehead atoms. The van der Waals surface area contributed by atoms with Crippen molar-refractivity contribution in [3.8, 4) is 5.75 Å². The van der Waals surface area contributed by atoms with Crippen LogP contribution in [0.15, 0.2) is 65.0 Å². The van der Waals surface area contributed by atoms with E-state index in [-0.39, 0.29) is 11.7 Å². The molecule has 0 unspecified atom stereocenters. The zero-order valence-corrected chi connectivity index (χ0v) is 17.4. The maximum atomic E-state index is 13.4. The van der Waals surface area contributed by atoms with Gasteiger partial charge in [-0.25, -0.2) is 4.98 Å². The van der Waals surface area contributed by atoms with Gasteiger partial charge in [0.2, 0.25) is 0 Å². The van der Waals surface area contributed by atoms with Crippen LogP contribution < -0.4 is 15.4 Å². The Hall–Kier alpha value is -3.41. The van der Waals surface area contributed by atoms with Crippen molar-refractivity contribution < 1.29 is 14.3 Å². The number of dihydropyridines is 1. The number of nitrogens with one attached hydrogen (secondary N) is 2. The van der Waals surface area contributed by atoms with E-state index in [1.807, 2.05) is 50.2 Å². The molecule has 154 valence electrons. The van der Waals surface area contributed by atoms with Crippen LogP contribution in [0.2, 0.25) is 0 Å². The Bertz CT molecular complexity index is 1080. The molecule has 2 heterocycles. The second-order valence-corrected chi connectivity index (χ2v) is 7.63. The van der Waals surface area contributed by atoms with Gasteiger partial charge in [-0.3, -0.25) is 9.59 Å². The maximum Gasteiger partial charge on any atom is 0.255 e. The van der Waals surface area contributed by atoms with Crippen molar-refractivity contribution in [2.24, 2.45) is 0 Å². The van der Waals surface area contributed by atoms with Crippen molar-refractivity contribution in [2.45, 2.75) is 39.0 Å². The number of pyridine rings is 1. The summed E-state index contributed by atoms with van der Waals surface area (Å²) in [7, 11) is 1.60. The third-order valence-electron chi connectivity index (χ3n) is 5.60. The molecular formula is C24H25N3O3. The van der Waals surface area contributed by atoms with E-state index in [0.717, 1.165) is 35.5 Å². The van der Waals surface area contributed by atoms with Crippen molar-refractivity contribution in [3.05, 3.63) is 76.3 Å². The molecule has 0 saturated heterocycles. The highest BCUT2D eigenvalue weighted by Gasteiger charge is 2.39. The number of methoxy groups -OCH3 is 1. The van der Waals surface area contributed by atoms with Crippen molar-refractivity contribution >= 4 is 17.5 Å². The lowest BCUT2D eigenvalue weighted by molar-refractivity contribution is -0.116. The topological polar surface area (TPSA) is 80.3 Å². The number of ketones is 1. The standard InChI is InChI=1S/C24H25N3O3/c1-14-8-6-13-20(25-14)27-24(29)21-15(2)26-17-10-7-11-18(28)23(17)22(21)16-9-4-5-12-19(16)30-3/h4-6,8-9,12-13,22,26H,7,10-11H2,1-3H3,(H,25,27,29)/t22-/m0/s1. The SMILES string of the molecule is COc1ccccc1[C@H]1C(C(=O)Nc2cccc(C)n2)=C(C)NC2=C1C(=O)CCC2. The summed E-state index contributed by atoms with van der Waals surface area (Å²) in [4.78, 5) is 30.8. The Balaban J connectivity index is 1.82. The monoisotopic (exact) mass is 403 g/mol. The number of amides is 1. The zero-order chi connectivity index (χ0) is 21.3. The molecule has 1 atom stereocenters. The maximum absolute atomic E-state index is 13.4. The number of anilines is 1. The number of hydrogen-bond donors (Lipinski definition) is 2. The number of Topliss-reactive ketones (excluding diaryl/α,β-unsaturated/α-hetero) is 1. The Morgan fingerprint density at radius 2 is 1.93 bits per heavy atom. The Morgan fingerprint density at radius 1 is 1.13 bits per heavy atom. The minimum absolute atomic E-state index is 0.0751. The number of para-hydroxylation sites is 1. The van der Waals surface area contributed by atoms with Gasteiger partial charge in [-0.15, -0.1) is 0 Å². The third-order valence-corrected chi connectivity index (χ3v) is 5.60. The highest BCUT2D eigenvalue weighted by atomic mass is 16.5. The van der Waals surface area contributed by atoms with Gasteiger partial charge < -0.3 is 15.4 Å². The van der Waals surface area contributed by atoms with E-state index in [9.17, 15) is 9.59 Å². The quantitative estimate of drug-likeness (QED) is 0.806. The fourth-order valence-corrected chi connectivity index (χ4v) is 4.30. The minimum Gasteiger partial charge on any atom is -0.496 e. The average molecular weight is 403 g/mol. The summed E-state index contributed by atoms with van der Waals surface area (Å²) < 4.78 is 5.59. The van der Waals surface area contributed by atoms with Gasteiger partial charge in [0.1, 0.15) is 11.6 Å². The van der Waals surface area contributed by atoms with Crippen LogP contribution >= 0.6 is 0 Å². The molecular weight excluding hydrogens is 378 g/mol. The van der Waals surface area contributed by atoms with E-state index in [1.54, 1.807) is 13.2 Å². The summed E-state index contributed by atoms with van der Waals surface area (Å²) in [5.41, 5.74) is 4.45. The fourth-order valence-electron chi connectivity index (χ4n) is 4.30. The number of carbonyl (C=O) groups is 2. The van der Waals surface area contributed by atoms with Crippen LogP contribution in [0.4, 0.5) is 5.82 Å². The summed E-state index contributed by atoms with van der Waals surface area (Å²) in [6.07, 6.45) is 2.09. The second kappa shape index (κ2) is 8.14. The molecule has 6 nitrogen and oxygen atoms in total. The van der Waals surface area contributed by atoms with Crippen molar-refractivity contribution in [3.63, 3.8) is 0 Å². The molecule has 2 aliphatic rings. The van der Waals surface area contributed by atoms with Crippen LogP contribution in [-0.4, -0.2) is 23.8 Å². The van der Waals surface area contributed by atoms with Crippen LogP contribution in [0.5, 0.6) is 5.75 Å². The van der Waals surface area contributed by atoms with Gasteiger partial charge in [-0.05, 0) is 44.9 Å². The van der Waals surface area contributed by atoms with Crippen LogP contribution in [-0.2, 0) is 9.59 Å². The average Bonchev–Trinajstić information content (AvgIpc) is 2.72. The second-order valence-electron chi connectivity index (χ2n) is 7.63. The number of rotatable bonds is 4. The molecule has 6 heteroatoms. The first-order chi connectivity index (χ1) is 14.5. The first-order valence-corrected chi connectivity index (χ1v) is 10.1. The number of aromatic nitrogens is 1. The van der Waals surface area contributed by atoms with Crippen molar-refractivity contribution in [1.29, 1.82) is 0 Å². The molecule has 1 amide bonds. The molecule has 0 fully saturated rings. The molecule has 1 aliphatic heterocycles. The lowest BCUT2D eigenvalue weighted by Gasteiger charge is -2.35. The Labute approximate surface area is 176 Å². The first kappa shape index (κ1) is 19.9. The van der Waals surface area contributed by atoms with E-state index in [4.69, 9.17) is 4.74 Å². The summed E-state index contributed by atoms with van der Waals surface area (Å²) in [5.74, 6) is 0.440. The van der Waals surface area contributed by atoms with Crippen molar-refractivity contribution in [2.75, 3.05) is 12.4 Å². The Morgan fingerprint density at radius 3 is 2.70 bits per heavy atom. The van der Waals surface area contributed by atoms with Gasteiger partial charge in [0, 0.05) is 40.2 Å². The summed E-state index contributed by atoms with van der Waals surface area (Å²) >= 11 is 0. The number of aryl methyl sites for hydroxylation is 1. The predicted octanol–water partition coefficient (Wildman–Crippen LogP) is 4.01. The highest BCUT2D eigenvalue weighted by molar-refractivity contribution is 6.09. The van der Waals surface area contributed by atoms with Gasteiger partial charge in [-0.2, -0.15) is 0 Å². The fraction of sp³-hybridized carbons (Fsp3) is 0.292. The van der Waals surface area contributed by atoms with Crippen LogP contribution in [0.25, 0.3) is 0 Å². The number of benzene rings is 1. The molecule has 1 aliphatic carbocycles. The van der Waals surface area contributed by atoms with Crippen molar-refractivity contribution in [1.82, 2.24) is 10.3 Å². The minimum atomic E-state index is -0.491. The van der Waals surface area contributed by atoms with Gasteiger partial charge in [-0.1, -0.05) is 24.3 Å². The Kier molecular flexibility index (Phi) is 5.40. The zero-order valence-electron chi connectivity index (χ0n) is 17.4. The molecule has 30 heavy (non-hydrogen) atoms. The van der Waals surface area contributed by atoms with E-state index >= 15 is 0 Å². The molecule has 1 aromatic heterocycles. The summed E-state index contributed by atoms with van der Waals surface area (Å²) in [6, 6.07) is 13.0. The molecule has 0 spiro atoms. The number of ether oxygens (including phenoxy) is 1. The predicted molar refractivity (Wildman–Crippen MR) is 115 cm³/mol. The molecule has 0 radical (unpaired) electrons. The van der Waals surface area contributed by atoms with Gasteiger partial charge in [0.25, 0.3) is 5.91 Å². The van der Waals surface area contributed by atoms with E-state index in [1.165, 1.54) is 0 Å². The molecule has 4 rings (SSSR count). The summed E-state index contributed by atoms with van der Waals surface area (Å²) in [6.45, 7) is 3.75. The van der Waals surface area contributed by atoms with Gasteiger partial charge in [0.15, 0.2) is 5.78 Å². The summed E-state index contributed by atoms with van der Waals surface area (Å²) in [5, 5.41) is 6.24. The lowest BCUT2D eigenvalue weighted by atomic mass is 9.74. The van der Waals surface area contributed by atoms with E-state index in [0.29, 0.717) is 29.1 Å². The van der Waals surface area contributed by atoms with Crippen LogP contribution in [0.1, 0.15) is 43.4 Å². The van der Waals surface area contributed by atoms with E-state index in [2.05, 4.69) is 15.6 Å². The van der Waals surface area contributed by atoms with Gasteiger partial charge >= 0.3 is 0 Å². The van der Waals surface area contributed by atoms with Gasteiger partial charge in [0.05, 0.1) is 13.0 Å². The normalized spacial score (nSPS) is 18.6. The molecule has 0 saturated carbocycles. The number of allylic oxidation sites excluding steroid dienone is 3.